The standard InChI is InChI=1S/C25H29F3N2O2/c26-25(27,28)20-10-13-23(30-14-4-5-15-30)22(16-20)29-24(31)17-32-21-11-8-19(9-12-21)18-6-2-1-3-7-18/h8-13,16,18H,1-7,14-15,17H2,(H,29,31). The van der Waals surface area contributed by atoms with Crippen LogP contribution < -0.4 is 15.0 Å². The Hall–Kier alpha value is -2.70. The molecule has 0 radical (unpaired) electrons. The van der Waals surface area contributed by atoms with E-state index in [1.165, 1.54) is 43.7 Å². The van der Waals surface area contributed by atoms with Crippen LogP contribution in [0.25, 0.3) is 0 Å². The molecule has 1 saturated carbocycles. The lowest BCUT2D eigenvalue weighted by molar-refractivity contribution is -0.137. The highest BCUT2D eigenvalue weighted by Gasteiger charge is 2.32. The molecule has 2 aromatic rings. The maximum absolute atomic E-state index is 13.2. The average Bonchev–Trinajstić information content (AvgIpc) is 3.33. The molecule has 0 bridgehead atoms. The predicted octanol–water partition coefficient (Wildman–Crippen LogP) is 6.37. The molecule has 1 aliphatic heterocycles. The lowest BCUT2D eigenvalue weighted by Gasteiger charge is -2.23. The Bertz CT molecular complexity index is 916. The summed E-state index contributed by atoms with van der Waals surface area (Å²) in [4.78, 5) is 14.5. The average molecular weight is 447 g/mol. The van der Waals surface area contributed by atoms with Crippen molar-refractivity contribution in [3.8, 4) is 5.75 Å². The number of hydrogen-bond acceptors (Lipinski definition) is 3. The van der Waals surface area contributed by atoms with Crippen molar-refractivity contribution in [3.63, 3.8) is 0 Å². The van der Waals surface area contributed by atoms with E-state index in [2.05, 4.69) is 5.32 Å². The van der Waals surface area contributed by atoms with Crippen LogP contribution in [0.3, 0.4) is 0 Å². The Morgan fingerprint density at radius 3 is 2.31 bits per heavy atom. The van der Waals surface area contributed by atoms with E-state index in [-0.39, 0.29) is 12.3 Å². The highest BCUT2D eigenvalue weighted by molar-refractivity contribution is 5.95. The topological polar surface area (TPSA) is 41.6 Å². The first-order chi connectivity index (χ1) is 15.4. The summed E-state index contributed by atoms with van der Waals surface area (Å²) in [5, 5.41) is 2.63. The first kappa shape index (κ1) is 22.5. The van der Waals surface area contributed by atoms with E-state index < -0.39 is 17.6 Å². The molecule has 0 atom stereocenters. The van der Waals surface area contributed by atoms with Gasteiger partial charge in [0, 0.05) is 13.1 Å². The van der Waals surface area contributed by atoms with Gasteiger partial charge in [-0.15, -0.1) is 0 Å². The van der Waals surface area contributed by atoms with Crippen molar-refractivity contribution in [1.82, 2.24) is 0 Å². The minimum atomic E-state index is -4.47. The number of benzene rings is 2. The number of amides is 1. The molecule has 1 saturated heterocycles. The number of nitrogens with one attached hydrogen (secondary N) is 1. The van der Waals surface area contributed by atoms with Crippen molar-refractivity contribution in [1.29, 1.82) is 0 Å². The molecule has 4 nitrogen and oxygen atoms in total. The van der Waals surface area contributed by atoms with E-state index in [4.69, 9.17) is 4.74 Å². The Balaban J connectivity index is 1.39. The van der Waals surface area contributed by atoms with E-state index in [1.54, 1.807) is 0 Å². The third kappa shape index (κ3) is 5.56. The second kappa shape index (κ2) is 9.84. The van der Waals surface area contributed by atoms with Crippen molar-refractivity contribution >= 4 is 17.3 Å². The van der Waals surface area contributed by atoms with E-state index in [0.29, 0.717) is 17.4 Å². The van der Waals surface area contributed by atoms with E-state index in [1.807, 2.05) is 29.2 Å². The van der Waals surface area contributed by atoms with E-state index >= 15 is 0 Å². The van der Waals surface area contributed by atoms with Gasteiger partial charge < -0.3 is 15.0 Å². The predicted molar refractivity (Wildman–Crippen MR) is 119 cm³/mol. The van der Waals surface area contributed by atoms with Crippen LogP contribution in [0, 0.1) is 0 Å². The Labute approximate surface area is 186 Å². The molecule has 1 aliphatic carbocycles. The first-order valence-electron chi connectivity index (χ1n) is 11.4. The molecule has 1 N–H and O–H groups in total. The zero-order chi connectivity index (χ0) is 22.6. The monoisotopic (exact) mass is 446 g/mol. The van der Waals surface area contributed by atoms with Gasteiger partial charge in [-0.25, -0.2) is 0 Å². The number of ether oxygens (including phenoxy) is 1. The van der Waals surface area contributed by atoms with Crippen LogP contribution in [0.4, 0.5) is 24.5 Å². The minimum absolute atomic E-state index is 0.169. The Kier molecular flexibility index (Phi) is 6.92. The fraction of sp³-hybridized carbons (Fsp3) is 0.480. The van der Waals surface area contributed by atoms with Crippen LogP contribution in [0.2, 0.25) is 0 Å². The summed E-state index contributed by atoms with van der Waals surface area (Å²) in [6, 6.07) is 11.3. The normalized spacial score (nSPS) is 17.4. The van der Waals surface area contributed by atoms with Gasteiger partial charge in [-0.05, 0) is 67.5 Å². The van der Waals surface area contributed by atoms with Crippen LogP contribution >= 0.6 is 0 Å². The summed E-state index contributed by atoms with van der Waals surface area (Å²) in [5.41, 5.74) is 1.29. The summed E-state index contributed by atoms with van der Waals surface area (Å²) in [5.74, 6) is 0.677. The van der Waals surface area contributed by atoms with Crippen molar-refractivity contribution in [2.75, 3.05) is 29.9 Å². The first-order valence-corrected chi connectivity index (χ1v) is 11.4. The van der Waals surface area contributed by atoms with Gasteiger partial charge >= 0.3 is 6.18 Å². The van der Waals surface area contributed by atoms with Gasteiger partial charge in [-0.3, -0.25) is 4.79 Å². The largest absolute Gasteiger partial charge is 0.484 e. The molecule has 1 heterocycles. The molecule has 4 rings (SSSR count). The van der Waals surface area contributed by atoms with E-state index in [9.17, 15) is 18.0 Å². The fourth-order valence-electron chi connectivity index (χ4n) is 4.65. The molecule has 32 heavy (non-hydrogen) atoms. The molecular formula is C25H29F3N2O2. The van der Waals surface area contributed by atoms with E-state index in [0.717, 1.165) is 38.1 Å². The number of hydrogen-bond donors (Lipinski definition) is 1. The van der Waals surface area contributed by atoms with Crippen LogP contribution in [0.5, 0.6) is 5.75 Å². The zero-order valence-corrected chi connectivity index (χ0v) is 18.1. The number of carbonyl (C=O) groups excluding carboxylic acids is 1. The molecule has 7 heteroatoms. The lowest BCUT2D eigenvalue weighted by atomic mass is 9.84. The smallest absolute Gasteiger partial charge is 0.416 e. The lowest BCUT2D eigenvalue weighted by Crippen LogP contribution is -2.24. The van der Waals surface area contributed by atoms with Crippen molar-refractivity contribution in [2.24, 2.45) is 0 Å². The van der Waals surface area contributed by atoms with Gasteiger partial charge in [0.15, 0.2) is 6.61 Å². The maximum atomic E-state index is 13.2. The van der Waals surface area contributed by atoms with Gasteiger partial charge in [0.1, 0.15) is 5.75 Å². The van der Waals surface area contributed by atoms with Crippen molar-refractivity contribution < 1.29 is 22.7 Å². The number of alkyl halides is 3. The molecule has 172 valence electrons. The molecule has 2 fully saturated rings. The summed E-state index contributed by atoms with van der Waals surface area (Å²) >= 11 is 0. The second-order valence-corrected chi connectivity index (χ2v) is 8.66. The Morgan fingerprint density at radius 1 is 0.969 bits per heavy atom. The number of carbonyl (C=O) groups is 1. The minimum Gasteiger partial charge on any atom is -0.484 e. The molecular weight excluding hydrogens is 417 g/mol. The number of halogens is 3. The number of nitrogens with zero attached hydrogens (tertiary/aromatic N) is 1. The van der Waals surface area contributed by atoms with Crippen LogP contribution in [-0.2, 0) is 11.0 Å². The Morgan fingerprint density at radius 2 is 1.66 bits per heavy atom. The van der Waals surface area contributed by atoms with Crippen LogP contribution in [0.1, 0.15) is 62.0 Å². The third-order valence-electron chi connectivity index (χ3n) is 6.37. The van der Waals surface area contributed by atoms with Crippen LogP contribution in [0.15, 0.2) is 42.5 Å². The summed E-state index contributed by atoms with van der Waals surface area (Å²) in [6.07, 6.45) is 3.73. The van der Waals surface area contributed by atoms with Gasteiger partial charge in [-0.1, -0.05) is 31.4 Å². The molecule has 1 amide bonds. The summed E-state index contributed by atoms with van der Waals surface area (Å²) in [7, 11) is 0. The fourth-order valence-corrected chi connectivity index (χ4v) is 4.65. The number of rotatable bonds is 6. The van der Waals surface area contributed by atoms with Gasteiger partial charge in [0.25, 0.3) is 5.91 Å². The highest BCUT2D eigenvalue weighted by atomic mass is 19.4. The quantitative estimate of drug-likeness (QED) is 0.561. The highest BCUT2D eigenvalue weighted by Crippen LogP contribution is 2.37. The molecule has 2 aliphatic rings. The number of anilines is 2. The van der Waals surface area contributed by atoms with Crippen LogP contribution in [-0.4, -0.2) is 25.6 Å². The van der Waals surface area contributed by atoms with Gasteiger partial charge in [0.05, 0.1) is 16.9 Å². The maximum Gasteiger partial charge on any atom is 0.416 e. The van der Waals surface area contributed by atoms with Gasteiger partial charge in [-0.2, -0.15) is 13.2 Å². The summed E-state index contributed by atoms with van der Waals surface area (Å²) < 4.78 is 45.2. The molecule has 2 aromatic carbocycles. The summed E-state index contributed by atoms with van der Waals surface area (Å²) in [6.45, 7) is 1.26. The third-order valence-corrected chi connectivity index (χ3v) is 6.37. The molecule has 0 unspecified atom stereocenters. The van der Waals surface area contributed by atoms with Crippen molar-refractivity contribution in [2.45, 2.75) is 57.0 Å². The molecule has 0 aromatic heterocycles. The second-order valence-electron chi connectivity index (χ2n) is 8.66. The zero-order valence-electron chi connectivity index (χ0n) is 18.1. The van der Waals surface area contributed by atoms with Gasteiger partial charge in [0.2, 0.25) is 0 Å². The SMILES string of the molecule is O=C(COc1ccc(C2CCCCC2)cc1)Nc1cc(C(F)(F)F)ccc1N1CCCC1. The van der Waals surface area contributed by atoms with Crippen molar-refractivity contribution in [3.05, 3.63) is 53.6 Å². The molecule has 0 spiro atoms.